The Balaban J connectivity index is 1.66. The first-order valence-electron chi connectivity index (χ1n) is 8.13. The molecule has 2 aliphatic rings. The van der Waals surface area contributed by atoms with Gasteiger partial charge in [0.1, 0.15) is 5.82 Å². The van der Waals surface area contributed by atoms with E-state index in [0.29, 0.717) is 19.2 Å². The predicted molar refractivity (Wildman–Crippen MR) is 84.9 cm³/mol. The van der Waals surface area contributed by atoms with Gasteiger partial charge in [-0.3, -0.25) is 9.69 Å². The van der Waals surface area contributed by atoms with Gasteiger partial charge in [0.2, 0.25) is 0 Å². The summed E-state index contributed by atoms with van der Waals surface area (Å²) in [6.07, 6.45) is 4.36. The van der Waals surface area contributed by atoms with Crippen molar-refractivity contribution >= 4 is 18.2 Å². The van der Waals surface area contributed by atoms with E-state index in [-0.39, 0.29) is 11.9 Å². The van der Waals surface area contributed by atoms with Crippen LogP contribution in [0.2, 0.25) is 0 Å². The molecule has 0 N–H and O–H groups in total. The topological polar surface area (TPSA) is 52.3 Å². The van der Waals surface area contributed by atoms with E-state index in [0.717, 1.165) is 36.5 Å². The Morgan fingerprint density at radius 1 is 1.41 bits per heavy atom. The first-order valence-corrected chi connectivity index (χ1v) is 8.53. The lowest BCUT2D eigenvalue weighted by atomic mass is 9.99. The minimum absolute atomic E-state index is 0.0190. The normalized spacial score (nSPS) is 22.7. The van der Waals surface area contributed by atoms with Crippen molar-refractivity contribution in [3.63, 3.8) is 0 Å². The number of nitrogens with zero attached hydrogens (tertiary/aromatic N) is 4. The molecule has 7 heteroatoms. The summed E-state index contributed by atoms with van der Waals surface area (Å²) >= 11 is 5.50. The predicted octanol–water partition coefficient (Wildman–Crippen LogP) is 2.06. The molecule has 1 aliphatic carbocycles. The Morgan fingerprint density at radius 3 is 2.86 bits per heavy atom. The van der Waals surface area contributed by atoms with Gasteiger partial charge in [0.15, 0.2) is 4.77 Å². The fraction of sp³-hybridized carbons (Fsp3) is 0.800. The van der Waals surface area contributed by atoms with Gasteiger partial charge in [-0.05, 0) is 51.4 Å². The lowest BCUT2D eigenvalue weighted by molar-refractivity contribution is -0.150. The number of rotatable bonds is 5. The van der Waals surface area contributed by atoms with E-state index in [4.69, 9.17) is 17.0 Å². The minimum Gasteiger partial charge on any atom is -0.466 e. The van der Waals surface area contributed by atoms with Crippen LogP contribution in [-0.4, -0.2) is 44.9 Å². The second-order valence-corrected chi connectivity index (χ2v) is 6.65. The second-order valence-electron chi connectivity index (χ2n) is 6.28. The van der Waals surface area contributed by atoms with Crippen molar-refractivity contribution in [1.29, 1.82) is 0 Å². The average molecular weight is 324 g/mol. The molecule has 6 nitrogen and oxygen atoms in total. The Labute approximate surface area is 136 Å². The van der Waals surface area contributed by atoms with Gasteiger partial charge in [-0.15, -0.1) is 0 Å². The maximum absolute atomic E-state index is 11.9. The van der Waals surface area contributed by atoms with Gasteiger partial charge in [0.25, 0.3) is 0 Å². The Hall–Kier alpha value is -1.21. The number of piperidine rings is 1. The summed E-state index contributed by atoms with van der Waals surface area (Å²) in [5.74, 6) is 1.59. The van der Waals surface area contributed by atoms with Crippen LogP contribution in [-0.2, 0) is 23.2 Å². The number of carbonyl (C=O) groups excluding carboxylic acids is 1. The molecule has 3 rings (SSSR count). The number of ether oxygens (including phenoxy) is 1. The van der Waals surface area contributed by atoms with E-state index in [2.05, 4.69) is 10.00 Å². The molecule has 2 fully saturated rings. The molecule has 0 bridgehead atoms. The smallest absolute Gasteiger partial charge is 0.310 e. The number of esters is 1. The van der Waals surface area contributed by atoms with E-state index < -0.39 is 0 Å². The van der Waals surface area contributed by atoms with Gasteiger partial charge in [-0.1, -0.05) is 0 Å². The van der Waals surface area contributed by atoms with E-state index in [1.807, 2.05) is 23.2 Å². The molecule has 1 atom stereocenters. The number of carbonyl (C=O) groups is 1. The maximum atomic E-state index is 11.9. The summed E-state index contributed by atoms with van der Waals surface area (Å²) in [6, 6.07) is 0. The quantitative estimate of drug-likeness (QED) is 0.613. The van der Waals surface area contributed by atoms with Gasteiger partial charge >= 0.3 is 5.97 Å². The molecule has 1 aromatic heterocycles. The van der Waals surface area contributed by atoms with Crippen molar-refractivity contribution in [2.24, 2.45) is 13.0 Å². The van der Waals surface area contributed by atoms with Crippen LogP contribution in [0.15, 0.2) is 0 Å². The van der Waals surface area contributed by atoms with Crippen LogP contribution < -0.4 is 0 Å². The highest BCUT2D eigenvalue weighted by Gasteiger charge is 2.30. The molecule has 0 radical (unpaired) electrons. The molecule has 1 saturated heterocycles. The van der Waals surface area contributed by atoms with Crippen LogP contribution in [0, 0.1) is 10.7 Å². The van der Waals surface area contributed by atoms with E-state index in [9.17, 15) is 4.79 Å². The van der Waals surface area contributed by atoms with Gasteiger partial charge < -0.3 is 9.30 Å². The third-order valence-electron chi connectivity index (χ3n) is 4.48. The largest absolute Gasteiger partial charge is 0.466 e. The highest BCUT2D eigenvalue weighted by Crippen LogP contribution is 2.38. The first kappa shape index (κ1) is 15.7. The standard InChI is InChI=1S/C15H24N4O2S/c1-3-21-14(20)12-5-4-8-18(9-12)10-19-15(22)17(2)13(16-19)11-6-7-11/h11-12H,3-10H2,1-2H3. The SMILES string of the molecule is CCOC(=O)C1CCCN(Cn2nc(C3CC3)n(C)c2=S)C1. The van der Waals surface area contributed by atoms with Crippen molar-refractivity contribution in [2.45, 2.75) is 45.2 Å². The maximum Gasteiger partial charge on any atom is 0.310 e. The Morgan fingerprint density at radius 2 is 2.18 bits per heavy atom. The van der Waals surface area contributed by atoms with E-state index >= 15 is 0 Å². The molecule has 2 heterocycles. The number of hydrogen-bond donors (Lipinski definition) is 0. The van der Waals surface area contributed by atoms with Crippen LogP contribution in [0.5, 0.6) is 0 Å². The first-order chi connectivity index (χ1) is 10.6. The molecule has 122 valence electrons. The summed E-state index contributed by atoms with van der Waals surface area (Å²) in [4.78, 5) is 14.2. The van der Waals surface area contributed by atoms with E-state index in [1.54, 1.807) is 0 Å². The Kier molecular flexibility index (Phi) is 4.63. The lowest BCUT2D eigenvalue weighted by Gasteiger charge is -2.31. The Bertz CT molecular complexity index is 605. The molecular formula is C15H24N4O2S. The number of likely N-dealkylation sites (tertiary alicyclic amines) is 1. The molecule has 1 aliphatic heterocycles. The summed E-state index contributed by atoms with van der Waals surface area (Å²) in [6.45, 7) is 4.68. The highest BCUT2D eigenvalue weighted by atomic mass is 32.1. The van der Waals surface area contributed by atoms with Crippen LogP contribution in [0.25, 0.3) is 0 Å². The number of hydrogen-bond acceptors (Lipinski definition) is 5. The van der Waals surface area contributed by atoms with Gasteiger partial charge in [-0.2, -0.15) is 5.10 Å². The summed E-state index contributed by atoms with van der Waals surface area (Å²) in [5, 5.41) is 4.69. The van der Waals surface area contributed by atoms with Crippen molar-refractivity contribution in [3.8, 4) is 0 Å². The fourth-order valence-corrected chi connectivity index (χ4v) is 3.31. The zero-order valence-electron chi connectivity index (χ0n) is 13.3. The van der Waals surface area contributed by atoms with Gasteiger partial charge in [-0.25, -0.2) is 4.68 Å². The summed E-state index contributed by atoms with van der Waals surface area (Å²) < 4.78 is 9.84. The van der Waals surface area contributed by atoms with Crippen LogP contribution in [0.4, 0.5) is 0 Å². The molecule has 1 unspecified atom stereocenters. The number of aromatic nitrogens is 3. The monoisotopic (exact) mass is 324 g/mol. The van der Waals surface area contributed by atoms with Crippen molar-refractivity contribution in [2.75, 3.05) is 19.7 Å². The molecule has 22 heavy (non-hydrogen) atoms. The molecule has 0 aromatic carbocycles. The summed E-state index contributed by atoms with van der Waals surface area (Å²) in [5.41, 5.74) is 0. The molecule has 0 amide bonds. The van der Waals surface area contributed by atoms with Crippen molar-refractivity contribution < 1.29 is 9.53 Å². The zero-order chi connectivity index (χ0) is 15.7. The fourth-order valence-electron chi connectivity index (χ4n) is 3.12. The molecule has 1 aromatic rings. The summed E-state index contributed by atoms with van der Waals surface area (Å²) in [7, 11) is 2.00. The molecular weight excluding hydrogens is 300 g/mol. The average Bonchev–Trinajstić information content (AvgIpc) is 3.31. The highest BCUT2D eigenvalue weighted by molar-refractivity contribution is 7.71. The molecule has 0 spiro atoms. The lowest BCUT2D eigenvalue weighted by Crippen LogP contribution is -2.40. The van der Waals surface area contributed by atoms with Gasteiger partial charge in [0.05, 0.1) is 19.2 Å². The third-order valence-corrected chi connectivity index (χ3v) is 4.96. The third kappa shape index (κ3) is 3.25. The van der Waals surface area contributed by atoms with Crippen LogP contribution in [0.1, 0.15) is 44.3 Å². The molecule has 1 saturated carbocycles. The van der Waals surface area contributed by atoms with E-state index in [1.165, 1.54) is 12.8 Å². The zero-order valence-corrected chi connectivity index (χ0v) is 14.1. The minimum atomic E-state index is -0.0736. The van der Waals surface area contributed by atoms with Crippen LogP contribution >= 0.6 is 12.2 Å². The second kappa shape index (κ2) is 6.50. The van der Waals surface area contributed by atoms with Crippen molar-refractivity contribution in [3.05, 3.63) is 10.6 Å². The van der Waals surface area contributed by atoms with Crippen LogP contribution in [0.3, 0.4) is 0 Å². The van der Waals surface area contributed by atoms with Crippen molar-refractivity contribution in [1.82, 2.24) is 19.2 Å². The van der Waals surface area contributed by atoms with Gasteiger partial charge in [0, 0.05) is 19.5 Å².